The molecule has 23 heavy (non-hydrogen) atoms. The molecule has 0 saturated carbocycles. The molecule has 3 aromatic rings. The molecule has 3 rings (SSSR count). The summed E-state index contributed by atoms with van der Waals surface area (Å²) >= 11 is 0. The zero-order valence-corrected chi connectivity index (χ0v) is 12.5. The van der Waals surface area contributed by atoms with Gasteiger partial charge < -0.3 is 9.15 Å². The highest BCUT2D eigenvalue weighted by Crippen LogP contribution is 2.17. The third kappa shape index (κ3) is 3.21. The Hall–Kier alpha value is -3.14. The van der Waals surface area contributed by atoms with Gasteiger partial charge in [0.05, 0.1) is 7.11 Å². The van der Waals surface area contributed by atoms with Gasteiger partial charge in [0, 0.05) is 5.56 Å². The number of carbonyl (C=O) groups excluding carboxylic acids is 2. The summed E-state index contributed by atoms with van der Waals surface area (Å²) in [5.74, 6) is -0.165. The molecule has 0 N–H and O–H groups in total. The van der Waals surface area contributed by atoms with Crippen molar-refractivity contribution in [2.75, 3.05) is 7.11 Å². The summed E-state index contributed by atoms with van der Waals surface area (Å²) in [4.78, 5) is 23.5. The molecule has 4 heteroatoms. The quantitative estimate of drug-likeness (QED) is 0.413. The molecule has 1 aromatic heterocycles. The van der Waals surface area contributed by atoms with Gasteiger partial charge in [0.2, 0.25) is 5.76 Å². The maximum absolute atomic E-state index is 12.2. The van der Waals surface area contributed by atoms with E-state index < -0.39 is 5.97 Å². The van der Waals surface area contributed by atoms with Crippen molar-refractivity contribution in [2.24, 2.45) is 0 Å². The molecule has 1 heterocycles. The molecule has 0 amide bonds. The Morgan fingerprint density at radius 3 is 2.57 bits per heavy atom. The summed E-state index contributed by atoms with van der Waals surface area (Å²) < 4.78 is 9.84. The molecule has 0 saturated heterocycles. The highest BCUT2D eigenvalue weighted by Gasteiger charge is 2.10. The Bertz CT molecular complexity index is 902. The predicted molar refractivity (Wildman–Crippen MR) is 87.4 cm³/mol. The predicted octanol–water partition coefficient (Wildman–Crippen LogP) is 4.12. The van der Waals surface area contributed by atoms with Crippen LogP contribution in [0.3, 0.4) is 0 Å². The topological polar surface area (TPSA) is 56.5 Å². The summed E-state index contributed by atoms with van der Waals surface area (Å²) in [5.41, 5.74) is 0.597. The largest absolute Gasteiger partial charge is 0.463 e. The summed E-state index contributed by atoms with van der Waals surface area (Å²) in [6.07, 6.45) is 2.95. The van der Waals surface area contributed by atoms with Crippen molar-refractivity contribution >= 4 is 28.6 Å². The van der Waals surface area contributed by atoms with Crippen LogP contribution in [0.25, 0.3) is 16.8 Å². The number of methoxy groups -OCH3 is 1. The Balaban J connectivity index is 1.79. The van der Waals surface area contributed by atoms with E-state index in [1.165, 1.54) is 25.3 Å². The maximum Gasteiger partial charge on any atom is 0.373 e. The van der Waals surface area contributed by atoms with E-state index in [4.69, 9.17) is 4.42 Å². The van der Waals surface area contributed by atoms with Crippen molar-refractivity contribution < 1.29 is 18.7 Å². The van der Waals surface area contributed by atoms with Gasteiger partial charge in [-0.15, -0.1) is 0 Å². The van der Waals surface area contributed by atoms with Crippen LogP contribution in [0, 0.1) is 0 Å². The second-order valence-corrected chi connectivity index (χ2v) is 4.95. The lowest BCUT2D eigenvalue weighted by Crippen LogP contribution is -1.98. The van der Waals surface area contributed by atoms with Crippen molar-refractivity contribution in [3.8, 4) is 0 Å². The van der Waals surface area contributed by atoms with Gasteiger partial charge in [-0.25, -0.2) is 4.79 Å². The minimum Gasteiger partial charge on any atom is -0.463 e. The Kier molecular flexibility index (Phi) is 4.06. The summed E-state index contributed by atoms with van der Waals surface area (Å²) in [6.45, 7) is 0. The van der Waals surface area contributed by atoms with Crippen molar-refractivity contribution in [3.05, 3.63) is 77.8 Å². The van der Waals surface area contributed by atoms with E-state index in [-0.39, 0.29) is 11.5 Å². The number of ketones is 1. The molecule has 0 radical (unpaired) electrons. The smallest absolute Gasteiger partial charge is 0.373 e. The van der Waals surface area contributed by atoms with E-state index in [0.29, 0.717) is 11.3 Å². The van der Waals surface area contributed by atoms with E-state index in [2.05, 4.69) is 4.74 Å². The lowest BCUT2D eigenvalue weighted by Gasteiger charge is -2.00. The molecule has 4 nitrogen and oxygen atoms in total. The first kappa shape index (κ1) is 14.8. The van der Waals surface area contributed by atoms with Gasteiger partial charge in [0.15, 0.2) is 5.78 Å². The van der Waals surface area contributed by atoms with Gasteiger partial charge in [-0.3, -0.25) is 4.79 Å². The first-order valence-corrected chi connectivity index (χ1v) is 7.07. The third-order valence-corrected chi connectivity index (χ3v) is 3.45. The lowest BCUT2D eigenvalue weighted by molar-refractivity contribution is 0.0564. The van der Waals surface area contributed by atoms with Gasteiger partial charge in [-0.2, -0.15) is 0 Å². The highest BCUT2D eigenvalue weighted by atomic mass is 16.5. The number of rotatable bonds is 4. The fraction of sp³-hybridized carbons (Fsp3) is 0.0526. The SMILES string of the molecule is COC(=O)c1ccc(/C=C/C(=O)c2ccc3ccccc3c2)o1. The molecular weight excluding hydrogens is 292 g/mol. The molecular formula is C19H14O4. The number of hydrogen-bond donors (Lipinski definition) is 0. The second-order valence-electron chi connectivity index (χ2n) is 4.95. The van der Waals surface area contributed by atoms with E-state index in [9.17, 15) is 9.59 Å². The zero-order chi connectivity index (χ0) is 16.2. The third-order valence-electron chi connectivity index (χ3n) is 3.45. The first-order chi connectivity index (χ1) is 11.2. The summed E-state index contributed by atoms with van der Waals surface area (Å²) in [5, 5.41) is 2.10. The van der Waals surface area contributed by atoms with Gasteiger partial charge in [-0.1, -0.05) is 36.4 Å². The number of benzene rings is 2. The number of carbonyl (C=O) groups is 2. The number of ether oxygens (including phenoxy) is 1. The fourth-order valence-corrected chi connectivity index (χ4v) is 2.25. The first-order valence-electron chi connectivity index (χ1n) is 7.07. The van der Waals surface area contributed by atoms with Gasteiger partial charge in [0.1, 0.15) is 5.76 Å². The van der Waals surface area contributed by atoms with Crippen molar-refractivity contribution in [1.82, 2.24) is 0 Å². The Morgan fingerprint density at radius 1 is 1.00 bits per heavy atom. The van der Waals surface area contributed by atoms with Crippen LogP contribution in [0.2, 0.25) is 0 Å². The average molecular weight is 306 g/mol. The van der Waals surface area contributed by atoms with Crippen LogP contribution in [0.15, 0.2) is 65.1 Å². The Labute approximate surface area is 133 Å². The minimum atomic E-state index is -0.550. The Morgan fingerprint density at radius 2 is 1.78 bits per heavy atom. The molecule has 0 bridgehead atoms. The molecule has 0 spiro atoms. The molecule has 0 aliphatic heterocycles. The standard InChI is InChI=1S/C19H14O4/c1-22-19(21)18-11-9-16(23-18)8-10-17(20)15-7-6-13-4-2-3-5-14(13)12-15/h2-12H,1H3/b10-8+. The van der Waals surface area contributed by atoms with Crippen LogP contribution in [0.1, 0.15) is 26.7 Å². The monoisotopic (exact) mass is 306 g/mol. The van der Waals surface area contributed by atoms with E-state index in [0.717, 1.165) is 10.8 Å². The normalized spacial score (nSPS) is 11.0. The van der Waals surface area contributed by atoms with E-state index >= 15 is 0 Å². The molecule has 114 valence electrons. The zero-order valence-electron chi connectivity index (χ0n) is 12.5. The minimum absolute atomic E-state index is 0.102. The van der Waals surface area contributed by atoms with E-state index in [1.54, 1.807) is 12.1 Å². The van der Waals surface area contributed by atoms with Crippen LogP contribution >= 0.6 is 0 Å². The molecule has 0 aliphatic rings. The summed E-state index contributed by atoms with van der Waals surface area (Å²) in [6, 6.07) is 16.5. The lowest BCUT2D eigenvalue weighted by atomic mass is 10.0. The van der Waals surface area contributed by atoms with Crippen molar-refractivity contribution in [1.29, 1.82) is 0 Å². The van der Waals surface area contributed by atoms with Crippen LogP contribution in [-0.2, 0) is 4.74 Å². The molecule has 0 aliphatic carbocycles. The molecule has 2 aromatic carbocycles. The molecule has 0 unspecified atom stereocenters. The number of hydrogen-bond acceptors (Lipinski definition) is 4. The van der Waals surface area contributed by atoms with Gasteiger partial charge in [-0.05, 0) is 41.1 Å². The van der Waals surface area contributed by atoms with Gasteiger partial charge >= 0.3 is 5.97 Å². The van der Waals surface area contributed by atoms with Crippen molar-refractivity contribution in [3.63, 3.8) is 0 Å². The van der Waals surface area contributed by atoms with Crippen LogP contribution in [0.4, 0.5) is 0 Å². The van der Waals surface area contributed by atoms with Crippen molar-refractivity contribution in [2.45, 2.75) is 0 Å². The van der Waals surface area contributed by atoms with Crippen LogP contribution in [0.5, 0.6) is 0 Å². The maximum atomic E-state index is 12.2. The second kappa shape index (κ2) is 6.32. The molecule has 0 fully saturated rings. The number of fused-ring (bicyclic) bond motifs is 1. The van der Waals surface area contributed by atoms with Crippen LogP contribution in [-0.4, -0.2) is 18.9 Å². The number of furan rings is 1. The van der Waals surface area contributed by atoms with Gasteiger partial charge in [0.25, 0.3) is 0 Å². The highest BCUT2D eigenvalue weighted by molar-refractivity contribution is 6.08. The van der Waals surface area contributed by atoms with Crippen LogP contribution < -0.4 is 0 Å². The summed E-state index contributed by atoms with van der Waals surface area (Å²) in [7, 11) is 1.28. The fourth-order valence-electron chi connectivity index (χ4n) is 2.25. The van der Waals surface area contributed by atoms with E-state index in [1.807, 2.05) is 36.4 Å². The number of esters is 1. The number of allylic oxidation sites excluding steroid dienone is 1. The average Bonchev–Trinajstić information content (AvgIpc) is 3.07. The molecule has 0 atom stereocenters.